The second-order valence-corrected chi connectivity index (χ2v) is 16.5. The Balaban J connectivity index is 2.00. The van der Waals surface area contributed by atoms with Crippen molar-refractivity contribution >= 4 is 17.7 Å². The summed E-state index contributed by atoms with van der Waals surface area (Å²) >= 11 is 0. The zero-order valence-corrected chi connectivity index (χ0v) is 29.0. The molecule has 0 aromatic carbocycles. The van der Waals surface area contributed by atoms with E-state index in [4.69, 9.17) is 4.74 Å². The van der Waals surface area contributed by atoms with Crippen LogP contribution in [0.3, 0.4) is 0 Å². The number of nitrogens with one attached hydrogen (secondary N) is 1. The molecule has 0 heterocycles. The Labute approximate surface area is 261 Å². The van der Waals surface area contributed by atoms with E-state index >= 15 is 0 Å². The maximum absolute atomic E-state index is 13.3. The molecule has 0 aromatic heterocycles. The number of ketones is 2. The van der Waals surface area contributed by atoms with Gasteiger partial charge in [0.1, 0.15) is 6.07 Å². The van der Waals surface area contributed by atoms with Gasteiger partial charge in [0.2, 0.25) is 0 Å². The fourth-order valence-electron chi connectivity index (χ4n) is 9.34. The third-order valence-corrected chi connectivity index (χ3v) is 12.5. The summed E-state index contributed by atoms with van der Waals surface area (Å²) in [7, 11) is 0. The molecule has 43 heavy (non-hydrogen) atoms. The van der Waals surface area contributed by atoms with Crippen LogP contribution < -0.4 is 5.32 Å². The van der Waals surface area contributed by atoms with Crippen LogP contribution in [-0.2, 0) is 14.3 Å². The molecule has 0 saturated heterocycles. The third-order valence-electron chi connectivity index (χ3n) is 12.5. The molecule has 1 unspecified atom stereocenters. The smallest absolute Gasteiger partial charge is 0.407 e. The van der Waals surface area contributed by atoms with Crippen molar-refractivity contribution in [3.8, 4) is 6.07 Å². The van der Waals surface area contributed by atoms with Gasteiger partial charge in [0.05, 0.1) is 12.2 Å². The van der Waals surface area contributed by atoms with Crippen molar-refractivity contribution in [3.63, 3.8) is 0 Å². The maximum atomic E-state index is 13.3. The number of hydrogen-bond acceptors (Lipinski definition) is 5. The molecule has 3 rings (SSSR count). The number of amides is 1. The van der Waals surface area contributed by atoms with Crippen LogP contribution in [-0.4, -0.2) is 30.8 Å². The summed E-state index contributed by atoms with van der Waals surface area (Å²) in [6, 6.07) is 2.19. The highest BCUT2D eigenvalue weighted by Crippen LogP contribution is 2.67. The van der Waals surface area contributed by atoms with E-state index in [0.29, 0.717) is 24.5 Å². The van der Waals surface area contributed by atoms with Crippen molar-refractivity contribution in [1.29, 1.82) is 5.26 Å². The lowest BCUT2D eigenvalue weighted by atomic mass is 9.42. The van der Waals surface area contributed by atoms with Gasteiger partial charge in [-0.15, -0.1) is 0 Å². The van der Waals surface area contributed by atoms with E-state index in [9.17, 15) is 19.6 Å². The molecule has 240 valence electrons. The van der Waals surface area contributed by atoms with Gasteiger partial charge in [-0.2, -0.15) is 5.26 Å². The van der Waals surface area contributed by atoms with Gasteiger partial charge in [-0.25, -0.2) is 4.79 Å². The molecular formula is C37H58N2O4. The fraction of sp³-hybridized carbons (Fsp3) is 0.784. The van der Waals surface area contributed by atoms with E-state index in [1.807, 2.05) is 32.9 Å². The summed E-state index contributed by atoms with van der Waals surface area (Å²) in [4.78, 5) is 38.2. The van der Waals surface area contributed by atoms with E-state index in [2.05, 4.69) is 59.9 Å². The van der Waals surface area contributed by atoms with Gasteiger partial charge in [0.25, 0.3) is 0 Å². The number of fused-ring (bicyclic) bond motifs is 1. The Morgan fingerprint density at radius 1 is 1.12 bits per heavy atom. The molecular weight excluding hydrogens is 536 g/mol. The number of carbonyl (C=O) groups is 3. The normalized spacial score (nSPS) is 34.5. The molecule has 2 fully saturated rings. The average molecular weight is 595 g/mol. The van der Waals surface area contributed by atoms with Crippen LogP contribution in [0.4, 0.5) is 4.79 Å². The molecule has 1 N–H and O–H groups in total. The van der Waals surface area contributed by atoms with Gasteiger partial charge in [-0.3, -0.25) is 9.59 Å². The first kappa shape index (κ1) is 35.1. The molecule has 0 aromatic rings. The summed E-state index contributed by atoms with van der Waals surface area (Å²) in [6.07, 6.45) is 11.3. The second-order valence-electron chi connectivity index (χ2n) is 16.5. The lowest BCUT2D eigenvalue weighted by molar-refractivity contribution is -0.131. The standard InChI is InChI=1S/C37H58N2O4/c1-12-39-31(42)43-20-19-37(17-15-32(4,5)22-25(37)2)18-16-33(6,7)36(11)14-13-28-34(8,9)30(41)27(24-38)23-35(28,10)29(36)21-26(3)40/h21,23,25,28H,12-20,22H2,1-11H3,(H,39,42)/b29-21-/t25?,28-,35-,36+,37+/m0/s1. The first-order valence-electron chi connectivity index (χ1n) is 16.5. The van der Waals surface area contributed by atoms with Gasteiger partial charge < -0.3 is 10.1 Å². The molecule has 0 radical (unpaired) electrons. The van der Waals surface area contributed by atoms with Gasteiger partial charge >= 0.3 is 6.09 Å². The van der Waals surface area contributed by atoms with E-state index in [0.717, 1.165) is 56.9 Å². The van der Waals surface area contributed by atoms with E-state index in [1.54, 1.807) is 6.92 Å². The second kappa shape index (κ2) is 12.2. The van der Waals surface area contributed by atoms with Gasteiger partial charge in [-0.05, 0) is 105 Å². The maximum Gasteiger partial charge on any atom is 0.407 e. The number of hydrogen-bond donors (Lipinski definition) is 1. The van der Waals surface area contributed by atoms with E-state index in [1.165, 1.54) is 0 Å². The Hall–Kier alpha value is -2.42. The highest BCUT2D eigenvalue weighted by molar-refractivity contribution is 6.04. The molecule has 0 spiro atoms. The zero-order chi connectivity index (χ0) is 32.6. The molecule has 0 bridgehead atoms. The molecule has 3 aliphatic carbocycles. The quantitative estimate of drug-likeness (QED) is 0.269. The summed E-state index contributed by atoms with van der Waals surface area (Å²) in [5, 5.41) is 12.7. The molecule has 0 aliphatic heterocycles. The van der Waals surface area contributed by atoms with Crippen molar-refractivity contribution in [3.05, 3.63) is 23.3 Å². The van der Waals surface area contributed by atoms with Crippen LogP contribution in [0.1, 0.15) is 128 Å². The lowest BCUT2D eigenvalue weighted by Gasteiger charge is -2.61. The van der Waals surface area contributed by atoms with Crippen molar-refractivity contribution in [2.45, 2.75) is 128 Å². The van der Waals surface area contributed by atoms with Gasteiger partial charge in [-0.1, -0.05) is 74.0 Å². The molecule has 1 amide bonds. The molecule has 2 saturated carbocycles. The summed E-state index contributed by atoms with van der Waals surface area (Å²) < 4.78 is 5.60. The molecule has 3 aliphatic rings. The van der Waals surface area contributed by atoms with Crippen LogP contribution in [0.5, 0.6) is 0 Å². The van der Waals surface area contributed by atoms with Crippen LogP contribution >= 0.6 is 0 Å². The number of nitriles is 1. The monoisotopic (exact) mass is 594 g/mol. The minimum absolute atomic E-state index is 0.00243. The average Bonchev–Trinajstić information content (AvgIpc) is 2.89. The number of allylic oxidation sites excluding steroid dienone is 4. The minimum Gasteiger partial charge on any atom is -0.450 e. The largest absolute Gasteiger partial charge is 0.450 e. The Kier molecular flexibility index (Phi) is 9.92. The molecule has 6 nitrogen and oxygen atoms in total. The van der Waals surface area contributed by atoms with Gasteiger partial charge in [0.15, 0.2) is 11.6 Å². The summed E-state index contributed by atoms with van der Waals surface area (Å²) in [5.74, 6) is 0.415. The van der Waals surface area contributed by atoms with Gasteiger partial charge in [0, 0.05) is 17.4 Å². The van der Waals surface area contributed by atoms with Crippen LogP contribution in [0.25, 0.3) is 0 Å². The molecule has 6 heteroatoms. The first-order valence-corrected chi connectivity index (χ1v) is 16.5. The third kappa shape index (κ3) is 6.52. The highest BCUT2D eigenvalue weighted by atomic mass is 16.5. The molecule has 5 atom stereocenters. The zero-order valence-electron chi connectivity index (χ0n) is 29.0. The highest BCUT2D eigenvalue weighted by Gasteiger charge is 2.61. The Morgan fingerprint density at radius 3 is 2.33 bits per heavy atom. The van der Waals surface area contributed by atoms with Crippen LogP contribution in [0.2, 0.25) is 0 Å². The first-order chi connectivity index (χ1) is 19.7. The fourth-order valence-corrected chi connectivity index (χ4v) is 9.34. The Bertz CT molecular complexity index is 1220. The number of alkyl carbamates (subject to hydrolysis) is 1. The van der Waals surface area contributed by atoms with E-state index < -0.39 is 10.8 Å². The number of Topliss-reactive ketones (excluding diaryl/α,β-unsaturated/α-hetero) is 1. The summed E-state index contributed by atoms with van der Waals surface area (Å²) in [6.45, 7) is 24.7. The number of rotatable bonds is 9. The lowest BCUT2D eigenvalue weighted by Crippen LogP contribution is -2.56. The predicted molar refractivity (Wildman–Crippen MR) is 172 cm³/mol. The summed E-state index contributed by atoms with van der Waals surface area (Å²) in [5.41, 5.74) is -0.104. The van der Waals surface area contributed by atoms with Crippen molar-refractivity contribution in [1.82, 2.24) is 5.32 Å². The number of nitrogens with zero attached hydrogens (tertiary/aromatic N) is 1. The number of ether oxygens (including phenoxy) is 1. The topological polar surface area (TPSA) is 96.3 Å². The van der Waals surface area contributed by atoms with Crippen molar-refractivity contribution in [2.24, 2.45) is 44.3 Å². The van der Waals surface area contributed by atoms with E-state index in [-0.39, 0.29) is 45.4 Å². The van der Waals surface area contributed by atoms with Crippen LogP contribution in [0.15, 0.2) is 23.3 Å². The minimum atomic E-state index is -0.686. The SMILES string of the molecule is CCNC(=O)OCC[C@]1(CCC(C)(C)[C@]2(C)CC[C@H]3C(C)(C)C(=O)C(C#N)=C[C@]3(C)/C2=C/C(C)=O)CCC(C)(C)CC1C. The predicted octanol–water partition coefficient (Wildman–Crippen LogP) is 8.76. The van der Waals surface area contributed by atoms with Crippen molar-refractivity contribution in [2.75, 3.05) is 13.2 Å². The Morgan fingerprint density at radius 2 is 1.77 bits per heavy atom. The van der Waals surface area contributed by atoms with Crippen LogP contribution in [0, 0.1) is 55.7 Å². The van der Waals surface area contributed by atoms with Crippen molar-refractivity contribution < 1.29 is 19.1 Å². The number of carbonyl (C=O) groups excluding carboxylic acids is 3.